The number of hydrogen-bond acceptors (Lipinski definition) is 5. The molecule has 1 aromatic carbocycles. The van der Waals surface area contributed by atoms with E-state index in [0.29, 0.717) is 5.69 Å². The molecule has 2 rings (SSSR count). The quantitative estimate of drug-likeness (QED) is 0.569. The van der Waals surface area contributed by atoms with Crippen LogP contribution in [-0.4, -0.2) is 13.4 Å². The second-order valence-corrected chi connectivity index (χ2v) is 5.14. The van der Waals surface area contributed by atoms with Crippen molar-refractivity contribution in [2.45, 2.75) is 4.90 Å². The molecule has 0 saturated heterocycles. The van der Waals surface area contributed by atoms with E-state index >= 15 is 0 Å². The molecule has 1 aromatic heterocycles. The van der Waals surface area contributed by atoms with Crippen molar-refractivity contribution in [1.29, 1.82) is 0 Å². The van der Waals surface area contributed by atoms with E-state index in [9.17, 15) is 8.42 Å². The van der Waals surface area contributed by atoms with Gasteiger partial charge in [-0.1, -0.05) is 18.2 Å². The summed E-state index contributed by atoms with van der Waals surface area (Å²) in [5, 5.41) is 0. The van der Waals surface area contributed by atoms with E-state index in [4.69, 9.17) is 5.84 Å². The van der Waals surface area contributed by atoms with Gasteiger partial charge in [0.2, 0.25) is 0 Å². The standard InChI is InChI=1S/C11H12N4O2S/c12-14-10-6-7-13-8-11(10)18(16,17)15-9-4-2-1-3-5-9/h1-8,15H,12H2,(H,13,14). The fraction of sp³-hybridized carbons (Fsp3) is 0. The molecule has 0 unspecified atom stereocenters. The van der Waals surface area contributed by atoms with Crippen LogP contribution in [-0.2, 0) is 10.0 Å². The molecular weight excluding hydrogens is 252 g/mol. The van der Waals surface area contributed by atoms with Crippen molar-refractivity contribution in [2.75, 3.05) is 10.1 Å². The van der Waals surface area contributed by atoms with Crippen LogP contribution < -0.4 is 16.0 Å². The summed E-state index contributed by atoms with van der Waals surface area (Å²) >= 11 is 0. The smallest absolute Gasteiger partial charge is 0.265 e. The molecule has 0 aliphatic heterocycles. The van der Waals surface area contributed by atoms with Crippen LogP contribution >= 0.6 is 0 Å². The molecule has 0 saturated carbocycles. The van der Waals surface area contributed by atoms with E-state index in [1.54, 1.807) is 30.3 Å². The lowest BCUT2D eigenvalue weighted by Gasteiger charge is -2.10. The maximum Gasteiger partial charge on any atom is 0.265 e. The summed E-state index contributed by atoms with van der Waals surface area (Å²) in [6.45, 7) is 0. The number of anilines is 2. The van der Waals surface area contributed by atoms with Crippen LogP contribution in [0.4, 0.5) is 11.4 Å². The zero-order valence-electron chi connectivity index (χ0n) is 9.37. The third kappa shape index (κ3) is 2.58. The minimum Gasteiger partial charge on any atom is -0.323 e. The predicted molar refractivity (Wildman–Crippen MR) is 69.3 cm³/mol. The van der Waals surface area contributed by atoms with Crippen molar-refractivity contribution in [2.24, 2.45) is 5.84 Å². The molecule has 18 heavy (non-hydrogen) atoms. The van der Waals surface area contributed by atoms with Crippen molar-refractivity contribution in [3.8, 4) is 0 Å². The Labute approximate surface area is 105 Å². The molecule has 0 radical (unpaired) electrons. The van der Waals surface area contributed by atoms with Crippen LogP contribution in [0.25, 0.3) is 0 Å². The highest BCUT2D eigenvalue weighted by atomic mass is 32.2. The number of nitrogens with one attached hydrogen (secondary N) is 2. The van der Waals surface area contributed by atoms with Crippen LogP contribution in [0.3, 0.4) is 0 Å². The summed E-state index contributed by atoms with van der Waals surface area (Å²) in [5.74, 6) is 5.27. The Morgan fingerprint density at radius 3 is 2.50 bits per heavy atom. The van der Waals surface area contributed by atoms with E-state index in [2.05, 4.69) is 15.1 Å². The van der Waals surface area contributed by atoms with Gasteiger partial charge in [-0.05, 0) is 18.2 Å². The lowest BCUT2D eigenvalue weighted by atomic mass is 10.3. The molecule has 0 aliphatic rings. The van der Waals surface area contributed by atoms with E-state index in [-0.39, 0.29) is 10.6 Å². The summed E-state index contributed by atoms with van der Waals surface area (Å²) in [7, 11) is -3.71. The normalized spacial score (nSPS) is 10.9. The molecule has 7 heteroatoms. The summed E-state index contributed by atoms with van der Waals surface area (Å²) < 4.78 is 26.7. The minimum atomic E-state index is -3.71. The Kier molecular flexibility index (Phi) is 3.45. The van der Waals surface area contributed by atoms with Gasteiger partial charge in [-0.2, -0.15) is 0 Å². The summed E-state index contributed by atoms with van der Waals surface area (Å²) in [4.78, 5) is 3.78. The van der Waals surface area contributed by atoms with Crippen LogP contribution in [0.2, 0.25) is 0 Å². The van der Waals surface area contributed by atoms with Crippen molar-refractivity contribution >= 4 is 21.4 Å². The molecule has 0 spiro atoms. The van der Waals surface area contributed by atoms with Crippen molar-refractivity contribution in [3.05, 3.63) is 48.8 Å². The van der Waals surface area contributed by atoms with Gasteiger partial charge in [0.05, 0.1) is 5.69 Å². The number of pyridine rings is 1. The van der Waals surface area contributed by atoms with Gasteiger partial charge in [0.25, 0.3) is 10.0 Å². The van der Waals surface area contributed by atoms with Crippen LogP contribution in [0.15, 0.2) is 53.7 Å². The van der Waals surface area contributed by atoms with Crippen LogP contribution in [0, 0.1) is 0 Å². The maximum absolute atomic E-state index is 12.1. The number of sulfonamides is 1. The molecule has 6 nitrogen and oxygen atoms in total. The highest BCUT2D eigenvalue weighted by molar-refractivity contribution is 7.92. The fourth-order valence-electron chi connectivity index (χ4n) is 1.43. The van der Waals surface area contributed by atoms with Gasteiger partial charge in [0.1, 0.15) is 4.90 Å². The highest BCUT2D eigenvalue weighted by Gasteiger charge is 2.18. The molecule has 0 fully saturated rings. The molecule has 0 aliphatic carbocycles. The molecule has 2 aromatic rings. The van der Waals surface area contributed by atoms with E-state index < -0.39 is 10.0 Å². The SMILES string of the molecule is NNc1ccncc1S(=O)(=O)Nc1ccccc1. The Morgan fingerprint density at radius 1 is 1.11 bits per heavy atom. The highest BCUT2D eigenvalue weighted by Crippen LogP contribution is 2.21. The van der Waals surface area contributed by atoms with E-state index in [1.165, 1.54) is 18.5 Å². The number of hydrogen-bond donors (Lipinski definition) is 3. The lowest BCUT2D eigenvalue weighted by Crippen LogP contribution is -2.17. The largest absolute Gasteiger partial charge is 0.323 e. The number of hydrazine groups is 1. The number of benzene rings is 1. The second kappa shape index (κ2) is 5.03. The lowest BCUT2D eigenvalue weighted by molar-refractivity contribution is 0.601. The molecule has 0 amide bonds. The van der Waals surface area contributed by atoms with Gasteiger partial charge in [0, 0.05) is 18.1 Å². The Hall–Kier alpha value is -2.12. The number of nitrogens with zero attached hydrogens (tertiary/aromatic N) is 1. The third-order valence-electron chi connectivity index (χ3n) is 2.26. The zero-order valence-corrected chi connectivity index (χ0v) is 10.2. The van der Waals surface area contributed by atoms with E-state index in [1.807, 2.05) is 0 Å². The van der Waals surface area contributed by atoms with Crippen molar-refractivity contribution in [3.63, 3.8) is 0 Å². The van der Waals surface area contributed by atoms with Crippen LogP contribution in [0.1, 0.15) is 0 Å². The molecule has 4 N–H and O–H groups in total. The molecule has 94 valence electrons. The number of para-hydroxylation sites is 1. The maximum atomic E-state index is 12.1. The Bertz CT molecular complexity index is 629. The van der Waals surface area contributed by atoms with Gasteiger partial charge < -0.3 is 5.43 Å². The van der Waals surface area contributed by atoms with Crippen molar-refractivity contribution < 1.29 is 8.42 Å². The molecule has 0 bridgehead atoms. The molecule has 0 atom stereocenters. The first kappa shape index (κ1) is 12.3. The average molecular weight is 264 g/mol. The Balaban J connectivity index is 2.37. The van der Waals surface area contributed by atoms with Gasteiger partial charge in [-0.15, -0.1) is 0 Å². The van der Waals surface area contributed by atoms with Gasteiger partial charge in [0.15, 0.2) is 0 Å². The summed E-state index contributed by atoms with van der Waals surface area (Å²) in [6, 6.07) is 10.1. The van der Waals surface area contributed by atoms with Gasteiger partial charge >= 0.3 is 0 Å². The fourth-order valence-corrected chi connectivity index (χ4v) is 2.60. The first-order valence-corrected chi connectivity index (χ1v) is 6.60. The second-order valence-electron chi connectivity index (χ2n) is 3.49. The topological polar surface area (TPSA) is 97.1 Å². The van der Waals surface area contributed by atoms with Crippen LogP contribution in [0.5, 0.6) is 0 Å². The van der Waals surface area contributed by atoms with Gasteiger partial charge in [-0.25, -0.2) is 8.42 Å². The Morgan fingerprint density at radius 2 is 1.83 bits per heavy atom. The van der Waals surface area contributed by atoms with Gasteiger partial charge in [-0.3, -0.25) is 15.5 Å². The third-order valence-corrected chi connectivity index (χ3v) is 3.66. The minimum absolute atomic E-state index is 0.00338. The molecular formula is C11H12N4O2S. The number of nitrogen functional groups attached to an aromatic ring is 1. The average Bonchev–Trinajstić information content (AvgIpc) is 2.39. The number of aromatic nitrogens is 1. The monoisotopic (exact) mass is 264 g/mol. The predicted octanol–water partition coefficient (Wildman–Crippen LogP) is 1.17. The van der Waals surface area contributed by atoms with Crippen molar-refractivity contribution in [1.82, 2.24) is 4.98 Å². The number of nitrogens with two attached hydrogens (primary N) is 1. The summed E-state index contributed by atoms with van der Waals surface area (Å²) in [6.07, 6.45) is 2.69. The molecule has 1 heterocycles. The summed E-state index contributed by atoms with van der Waals surface area (Å²) in [5.41, 5.74) is 3.09. The first-order chi connectivity index (χ1) is 8.63. The van der Waals surface area contributed by atoms with E-state index in [0.717, 1.165) is 0 Å². The first-order valence-electron chi connectivity index (χ1n) is 5.12. The zero-order chi connectivity index (χ0) is 13.0. The number of rotatable bonds is 4.